The van der Waals surface area contributed by atoms with Crippen molar-refractivity contribution in [3.05, 3.63) is 0 Å². The fraction of sp³-hybridized carbons (Fsp3) is 1.00. The maximum Gasteiger partial charge on any atom is 0.211 e. The van der Waals surface area contributed by atoms with Gasteiger partial charge in [0, 0.05) is 18.5 Å². The zero-order chi connectivity index (χ0) is 8.54. The van der Waals surface area contributed by atoms with E-state index in [9.17, 15) is 8.42 Å². The first kappa shape index (κ1) is 8.96. The number of hydrogen-bond donors (Lipinski definition) is 2. The Morgan fingerprint density at radius 3 is 2.36 bits per heavy atom. The molecule has 1 saturated heterocycles. The van der Waals surface area contributed by atoms with Gasteiger partial charge in [-0.1, -0.05) is 6.92 Å². The van der Waals surface area contributed by atoms with E-state index in [0.717, 1.165) is 13.1 Å². The Kier molecular flexibility index (Phi) is 2.22. The molecule has 0 radical (unpaired) electrons. The largest absolute Gasteiger partial charge is 0.315 e. The van der Waals surface area contributed by atoms with Crippen molar-refractivity contribution in [3.63, 3.8) is 0 Å². The molecule has 2 N–H and O–H groups in total. The van der Waals surface area contributed by atoms with Crippen LogP contribution in [0.3, 0.4) is 0 Å². The van der Waals surface area contributed by atoms with Crippen molar-refractivity contribution in [3.8, 4) is 0 Å². The van der Waals surface area contributed by atoms with E-state index in [0.29, 0.717) is 0 Å². The second-order valence-electron chi connectivity index (χ2n) is 3.38. The van der Waals surface area contributed by atoms with Gasteiger partial charge in [0.15, 0.2) is 0 Å². The number of sulfonamides is 1. The van der Waals surface area contributed by atoms with Crippen molar-refractivity contribution >= 4 is 10.0 Å². The summed E-state index contributed by atoms with van der Waals surface area (Å²) in [6, 6.07) is 0. The fourth-order valence-corrected chi connectivity index (χ4v) is 2.45. The highest BCUT2D eigenvalue weighted by Crippen LogP contribution is 2.22. The summed E-state index contributed by atoms with van der Waals surface area (Å²) in [6.45, 7) is 3.57. The minimum atomic E-state index is -3.03. The van der Waals surface area contributed by atoms with Gasteiger partial charge in [-0.3, -0.25) is 0 Å². The number of hydrogen-bond acceptors (Lipinski definition) is 3. The first-order chi connectivity index (χ1) is 4.97. The van der Waals surface area contributed by atoms with Gasteiger partial charge < -0.3 is 5.32 Å². The molecule has 1 rings (SSSR count). The van der Waals surface area contributed by atoms with Crippen LogP contribution in [0, 0.1) is 5.41 Å². The average Bonchev–Trinajstić information content (AvgIpc) is 1.84. The van der Waals surface area contributed by atoms with E-state index in [1.54, 1.807) is 0 Å². The van der Waals surface area contributed by atoms with Crippen LogP contribution < -0.4 is 10.0 Å². The van der Waals surface area contributed by atoms with Crippen LogP contribution in [0.15, 0.2) is 0 Å². The maximum atomic E-state index is 11.1. The van der Waals surface area contributed by atoms with Crippen LogP contribution in [-0.2, 0) is 10.0 Å². The third-order valence-corrected chi connectivity index (χ3v) is 3.65. The Bertz CT molecular complexity index is 231. The molecule has 11 heavy (non-hydrogen) atoms. The minimum absolute atomic E-state index is 0.0537. The molecule has 1 fully saturated rings. The molecular formula is C6H14N2O2S. The van der Waals surface area contributed by atoms with Crippen molar-refractivity contribution in [2.24, 2.45) is 5.41 Å². The summed E-state index contributed by atoms with van der Waals surface area (Å²) < 4.78 is 24.4. The van der Waals surface area contributed by atoms with Gasteiger partial charge in [-0.25, -0.2) is 13.1 Å². The van der Waals surface area contributed by atoms with Crippen molar-refractivity contribution in [1.82, 2.24) is 10.0 Å². The highest BCUT2D eigenvalue weighted by molar-refractivity contribution is 7.89. The van der Waals surface area contributed by atoms with Gasteiger partial charge >= 0.3 is 0 Å². The normalized spacial score (nSPS) is 22.7. The Hall–Kier alpha value is -0.130. The molecule has 0 aromatic rings. The van der Waals surface area contributed by atoms with Gasteiger partial charge in [0.1, 0.15) is 0 Å². The molecule has 66 valence electrons. The third-order valence-electron chi connectivity index (χ3n) is 1.95. The average molecular weight is 178 g/mol. The Labute approximate surface area is 67.4 Å². The molecule has 0 amide bonds. The molecule has 0 aromatic carbocycles. The Balaban J connectivity index is 2.54. The molecule has 1 aliphatic rings. The van der Waals surface area contributed by atoms with Crippen LogP contribution in [0.2, 0.25) is 0 Å². The predicted octanol–water partition coefficient (Wildman–Crippen LogP) is -0.855. The second kappa shape index (κ2) is 2.73. The minimum Gasteiger partial charge on any atom is -0.315 e. The van der Waals surface area contributed by atoms with Crippen LogP contribution in [0.4, 0.5) is 0 Å². The molecule has 1 heterocycles. The van der Waals surface area contributed by atoms with Gasteiger partial charge in [0.2, 0.25) is 10.0 Å². The highest BCUT2D eigenvalue weighted by Gasteiger charge is 2.35. The van der Waals surface area contributed by atoms with E-state index >= 15 is 0 Å². The van der Waals surface area contributed by atoms with Gasteiger partial charge in [-0.05, 0) is 7.05 Å². The molecule has 0 spiro atoms. The van der Waals surface area contributed by atoms with Gasteiger partial charge in [0.25, 0.3) is 0 Å². The van der Waals surface area contributed by atoms with Crippen molar-refractivity contribution in [2.45, 2.75) is 6.92 Å². The lowest BCUT2D eigenvalue weighted by Crippen LogP contribution is -2.55. The topological polar surface area (TPSA) is 58.2 Å². The summed E-state index contributed by atoms with van der Waals surface area (Å²) in [4.78, 5) is 0. The van der Waals surface area contributed by atoms with Gasteiger partial charge in [-0.15, -0.1) is 0 Å². The van der Waals surface area contributed by atoms with Crippen LogP contribution in [-0.4, -0.2) is 34.3 Å². The van der Waals surface area contributed by atoms with Crippen LogP contribution in [0.1, 0.15) is 6.92 Å². The predicted molar refractivity (Wildman–Crippen MR) is 43.8 cm³/mol. The summed E-state index contributed by atoms with van der Waals surface area (Å²) in [5, 5.41) is 3.06. The summed E-state index contributed by atoms with van der Waals surface area (Å²) in [7, 11) is -1.58. The molecule has 0 saturated carbocycles. The van der Waals surface area contributed by atoms with E-state index in [1.807, 2.05) is 6.92 Å². The lowest BCUT2D eigenvalue weighted by atomic mass is 9.87. The van der Waals surface area contributed by atoms with Crippen LogP contribution >= 0.6 is 0 Å². The quantitative estimate of drug-likeness (QED) is 0.591. The first-order valence-electron chi connectivity index (χ1n) is 3.59. The van der Waals surface area contributed by atoms with Crippen molar-refractivity contribution < 1.29 is 8.42 Å². The molecule has 4 nitrogen and oxygen atoms in total. The smallest absolute Gasteiger partial charge is 0.211 e. The summed E-state index contributed by atoms with van der Waals surface area (Å²) >= 11 is 0. The lowest BCUT2D eigenvalue weighted by Gasteiger charge is -2.38. The summed E-state index contributed by atoms with van der Waals surface area (Å²) in [6.07, 6.45) is 0. The monoisotopic (exact) mass is 178 g/mol. The highest BCUT2D eigenvalue weighted by atomic mass is 32.2. The van der Waals surface area contributed by atoms with E-state index in [2.05, 4.69) is 10.0 Å². The molecule has 0 atom stereocenters. The van der Waals surface area contributed by atoms with E-state index in [4.69, 9.17) is 0 Å². The van der Waals surface area contributed by atoms with E-state index in [1.165, 1.54) is 7.05 Å². The lowest BCUT2D eigenvalue weighted by molar-refractivity contribution is 0.228. The SMILES string of the molecule is CNS(=O)(=O)CC1(C)CNC1. The number of nitrogens with one attached hydrogen (secondary N) is 2. The van der Waals surface area contributed by atoms with E-state index < -0.39 is 10.0 Å². The molecule has 0 aliphatic carbocycles. The summed E-state index contributed by atoms with van der Waals surface area (Å²) in [5.41, 5.74) is -0.0537. The second-order valence-corrected chi connectivity index (χ2v) is 5.30. The maximum absolute atomic E-state index is 11.1. The van der Waals surface area contributed by atoms with Crippen molar-refractivity contribution in [1.29, 1.82) is 0 Å². The standard InChI is InChI=1S/C6H14N2O2S/c1-6(3-8-4-6)5-11(9,10)7-2/h7-8H,3-5H2,1-2H3. The third kappa shape index (κ3) is 2.15. The van der Waals surface area contributed by atoms with Crippen molar-refractivity contribution in [2.75, 3.05) is 25.9 Å². The zero-order valence-electron chi connectivity index (χ0n) is 6.85. The first-order valence-corrected chi connectivity index (χ1v) is 5.25. The molecule has 0 aromatic heterocycles. The molecule has 0 unspecified atom stereocenters. The van der Waals surface area contributed by atoms with Gasteiger partial charge in [-0.2, -0.15) is 0 Å². The van der Waals surface area contributed by atoms with E-state index in [-0.39, 0.29) is 11.2 Å². The fourth-order valence-electron chi connectivity index (χ4n) is 1.18. The Morgan fingerprint density at radius 1 is 1.55 bits per heavy atom. The molecule has 1 aliphatic heterocycles. The number of rotatable bonds is 3. The van der Waals surface area contributed by atoms with Crippen LogP contribution in [0.5, 0.6) is 0 Å². The zero-order valence-corrected chi connectivity index (χ0v) is 7.66. The molecular weight excluding hydrogens is 164 g/mol. The molecule has 0 bridgehead atoms. The Morgan fingerprint density at radius 2 is 2.09 bits per heavy atom. The molecule has 5 heteroatoms. The summed E-state index contributed by atoms with van der Waals surface area (Å²) in [5.74, 6) is 0.226. The van der Waals surface area contributed by atoms with Gasteiger partial charge in [0.05, 0.1) is 5.75 Å². The van der Waals surface area contributed by atoms with Crippen LogP contribution in [0.25, 0.3) is 0 Å².